The van der Waals surface area contributed by atoms with Crippen LogP contribution < -0.4 is 0 Å². The predicted octanol–water partition coefficient (Wildman–Crippen LogP) is 3.73. The second-order valence-electron chi connectivity index (χ2n) is 5.18. The van der Waals surface area contributed by atoms with Crippen LogP contribution in [0.1, 0.15) is 52.9 Å². The summed E-state index contributed by atoms with van der Waals surface area (Å²) in [5.41, 5.74) is 2.89. The molecule has 0 aromatic rings. The smallest absolute Gasteiger partial charge is 0.137 e. The third kappa shape index (κ3) is 3.36. The van der Waals surface area contributed by atoms with Crippen molar-refractivity contribution in [2.75, 3.05) is 0 Å². The molecule has 1 aliphatic carbocycles. The minimum Gasteiger partial charge on any atom is -0.378 e. The Balaban J connectivity index is 2.76. The number of rotatable bonds is 3. The lowest BCUT2D eigenvalue weighted by Crippen LogP contribution is -2.33. The number of aliphatic hydroxyl groups is 1. The summed E-state index contributed by atoms with van der Waals surface area (Å²) >= 11 is 0. The van der Waals surface area contributed by atoms with Gasteiger partial charge in [0.15, 0.2) is 0 Å². The quantitative estimate of drug-likeness (QED) is 0.587. The molecule has 1 saturated carbocycles. The van der Waals surface area contributed by atoms with Gasteiger partial charge in [0, 0.05) is 0 Å². The van der Waals surface area contributed by atoms with Crippen LogP contribution in [0.3, 0.4) is 0 Å². The van der Waals surface area contributed by atoms with Gasteiger partial charge in [0.25, 0.3) is 0 Å². The summed E-state index contributed by atoms with van der Waals surface area (Å²) in [4.78, 5) is 0. The van der Waals surface area contributed by atoms with Gasteiger partial charge in [-0.2, -0.15) is 0 Å². The zero-order valence-corrected chi connectivity index (χ0v) is 12.1. The highest BCUT2D eigenvalue weighted by atomic mass is 28.3. The first-order valence-electron chi connectivity index (χ1n) is 6.86. The van der Waals surface area contributed by atoms with Crippen molar-refractivity contribution in [3.63, 3.8) is 0 Å². The third-order valence-electron chi connectivity index (χ3n) is 4.27. The Morgan fingerprint density at radius 3 is 1.94 bits per heavy atom. The molecule has 1 N–H and O–H groups in total. The number of hydrogen-bond acceptors (Lipinski definition) is 1. The molecule has 0 spiro atoms. The van der Waals surface area contributed by atoms with Crippen LogP contribution in [0.25, 0.3) is 0 Å². The van der Waals surface area contributed by atoms with Gasteiger partial charge in [-0.1, -0.05) is 33.1 Å². The molecule has 0 aliphatic heterocycles. The van der Waals surface area contributed by atoms with Gasteiger partial charge in [-0.3, -0.25) is 0 Å². The van der Waals surface area contributed by atoms with Crippen molar-refractivity contribution < 1.29 is 5.11 Å². The Kier molecular flexibility index (Phi) is 5.08. The lowest BCUT2D eigenvalue weighted by atomic mass is 9.86. The minimum atomic E-state index is -1.37. The van der Waals surface area contributed by atoms with Gasteiger partial charge < -0.3 is 5.11 Å². The van der Waals surface area contributed by atoms with Crippen LogP contribution in [0.15, 0.2) is 0 Å². The highest BCUT2D eigenvalue weighted by Crippen LogP contribution is 2.28. The maximum atomic E-state index is 10.4. The fourth-order valence-electron chi connectivity index (χ4n) is 2.53. The maximum Gasteiger partial charge on any atom is 0.137 e. The van der Waals surface area contributed by atoms with Gasteiger partial charge in [0.05, 0.1) is 0 Å². The van der Waals surface area contributed by atoms with Crippen LogP contribution in [0, 0.1) is 11.5 Å². The fraction of sp³-hybridized carbons (Fsp3) is 0.857. The van der Waals surface area contributed by atoms with Crippen molar-refractivity contribution in [1.82, 2.24) is 0 Å². The molecule has 1 fully saturated rings. The molecule has 0 saturated heterocycles. The third-order valence-corrected chi connectivity index (χ3v) is 8.99. The summed E-state index contributed by atoms with van der Waals surface area (Å²) in [5.74, 6) is 3.26. The zero-order valence-electron chi connectivity index (χ0n) is 11.1. The van der Waals surface area contributed by atoms with Gasteiger partial charge in [-0.15, -0.1) is 5.54 Å². The zero-order chi connectivity index (χ0) is 12.1. The van der Waals surface area contributed by atoms with Crippen molar-refractivity contribution in [2.24, 2.45) is 0 Å². The Bertz CT molecular complexity index is 256. The summed E-state index contributed by atoms with van der Waals surface area (Å²) in [7, 11) is -1.37. The summed E-state index contributed by atoms with van der Waals surface area (Å²) in [6, 6.07) is 3.68. The molecule has 0 aromatic carbocycles. The van der Waals surface area contributed by atoms with Gasteiger partial charge in [-0.05, 0) is 43.8 Å². The monoisotopic (exact) mass is 238 g/mol. The van der Waals surface area contributed by atoms with Crippen molar-refractivity contribution >= 4 is 8.07 Å². The Labute approximate surface area is 102 Å². The SMILES string of the molecule is CC[Si](C#CC1(O)CCCCC1)(CC)CC. The second-order valence-corrected chi connectivity index (χ2v) is 10.1. The molecule has 0 amide bonds. The molecule has 2 heteroatoms. The van der Waals surface area contributed by atoms with E-state index in [0.29, 0.717) is 0 Å². The summed E-state index contributed by atoms with van der Waals surface area (Å²) < 4.78 is 0. The van der Waals surface area contributed by atoms with Gasteiger partial charge in [-0.25, -0.2) is 0 Å². The van der Waals surface area contributed by atoms with Crippen LogP contribution in [-0.4, -0.2) is 18.8 Å². The van der Waals surface area contributed by atoms with Gasteiger partial charge >= 0.3 is 0 Å². The van der Waals surface area contributed by atoms with Gasteiger partial charge in [0.1, 0.15) is 13.7 Å². The molecule has 0 aromatic heterocycles. The molecule has 92 valence electrons. The van der Waals surface area contributed by atoms with Crippen LogP contribution in [-0.2, 0) is 0 Å². The average Bonchev–Trinajstić information content (AvgIpc) is 2.33. The molecule has 16 heavy (non-hydrogen) atoms. The first-order valence-corrected chi connectivity index (χ1v) is 9.48. The van der Waals surface area contributed by atoms with E-state index >= 15 is 0 Å². The first kappa shape index (κ1) is 13.8. The number of hydrogen-bond donors (Lipinski definition) is 1. The molecule has 0 bridgehead atoms. The van der Waals surface area contributed by atoms with E-state index in [1.807, 2.05) is 0 Å². The minimum absolute atomic E-state index is 0.643. The normalized spacial score (nSPS) is 20.0. The topological polar surface area (TPSA) is 20.2 Å². The molecule has 0 heterocycles. The summed E-state index contributed by atoms with van der Waals surface area (Å²) in [5, 5.41) is 10.4. The van der Waals surface area contributed by atoms with Crippen LogP contribution in [0.4, 0.5) is 0 Å². The highest BCUT2D eigenvalue weighted by Gasteiger charge is 2.29. The lowest BCUT2D eigenvalue weighted by molar-refractivity contribution is 0.0610. The first-order chi connectivity index (χ1) is 7.60. The van der Waals surface area contributed by atoms with E-state index in [1.165, 1.54) is 24.6 Å². The van der Waals surface area contributed by atoms with E-state index in [-0.39, 0.29) is 0 Å². The van der Waals surface area contributed by atoms with Crippen molar-refractivity contribution in [3.8, 4) is 11.5 Å². The Morgan fingerprint density at radius 1 is 1.00 bits per heavy atom. The summed E-state index contributed by atoms with van der Waals surface area (Å²) in [6.07, 6.45) is 5.33. The molecular formula is C14H26OSi. The van der Waals surface area contributed by atoms with Crippen molar-refractivity contribution in [3.05, 3.63) is 0 Å². The Hall–Kier alpha value is -0.263. The van der Waals surface area contributed by atoms with E-state index in [9.17, 15) is 5.11 Å². The molecule has 1 rings (SSSR count). The predicted molar refractivity (Wildman–Crippen MR) is 73.0 cm³/mol. The Morgan fingerprint density at radius 2 is 1.50 bits per heavy atom. The average molecular weight is 238 g/mol. The van der Waals surface area contributed by atoms with Crippen molar-refractivity contribution in [2.45, 2.75) is 76.6 Å². The van der Waals surface area contributed by atoms with Crippen molar-refractivity contribution in [1.29, 1.82) is 0 Å². The van der Waals surface area contributed by atoms with Crippen LogP contribution >= 0.6 is 0 Å². The molecule has 1 nitrogen and oxygen atoms in total. The lowest BCUT2D eigenvalue weighted by Gasteiger charge is -2.28. The molecular weight excluding hydrogens is 212 g/mol. The van der Waals surface area contributed by atoms with E-state index < -0.39 is 13.7 Å². The van der Waals surface area contributed by atoms with E-state index in [0.717, 1.165) is 25.7 Å². The van der Waals surface area contributed by atoms with Crippen LogP contribution in [0.2, 0.25) is 18.1 Å². The summed E-state index contributed by atoms with van der Waals surface area (Å²) in [6.45, 7) is 6.79. The molecule has 1 aliphatic rings. The second kappa shape index (κ2) is 5.89. The largest absolute Gasteiger partial charge is 0.378 e. The highest BCUT2D eigenvalue weighted by molar-refractivity contribution is 6.87. The molecule has 0 atom stereocenters. The molecule has 0 unspecified atom stereocenters. The fourth-order valence-corrected chi connectivity index (χ4v) is 5.05. The maximum absolute atomic E-state index is 10.4. The van der Waals surface area contributed by atoms with E-state index in [2.05, 4.69) is 32.2 Å². The standard InChI is InChI=1S/C14H26OSi/c1-4-16(5-2,6-3)13-12-14(15)10-8-7-9-11-14/h15H,4-11H2,1-3H3. The van der Waals surface area contributed by atoms with Crippen LogP contribution in [0.5, 0.6) is 0 Å². The van der Waals surface area contributed by atoms with E-state index in [1.54, 1.807) is 0 Å². The molecule has 0 radical (unpaired) electrons. The van der Waals surface area contributed by atoms with E-state index in [4.69, 9.17) is 0 Å². The van der Waals surface area contributed by atoms with Gasteiger partial charge in [0.2, 0.25) is 0 Å².